The molecule has 1 heterocycles. The van der Waals surface area contributed by atoms with Gasteiger partial charge in [-0.05, 0) is 48.9 Å². The maximum absolute atomic E-state index is 12.1. The molecule has 5 nitrogen and oxygen atoms in total. The van der Waals surface area contributed by atoms with Crippen LogP contribution in [0, 0.1) is 0 Å². The van der Waals surface area contributed by atoms with Gasteiger partial charge >= 0.3 is 0 Å². The highest BCUT2D eigenvalue weighted by Gasteiger charge is 2.09. The lowest BCUT2D eigenvalue weighted by Crippen LogP contribution is -2.23. The molecule has 0 fully saturated rings. The van der Waals surface area contributed by atoms with Gasteiger partial charge in [-0.15, -0.1) is 0 Å². The zero-order chi connectivity index (χ0) is 16.5. The molecule has 0 aliphatic carbocycles. The standard InChI is InChI=1S/C18H20N2O3/c1-2-23-16-5-3-15(4-6-16)17(21)7-8-18(22)20-13-14-9-11-19-12-10-14/h3-6,9-12H,2,7-8,13H2,1H3,(H,20,22). The number of benzene rings is 1. The van der Waals surface area contributed by atoms with Crippen LogP contribution in [0.25, 0.3) is 0 Å². The van der Waals surface area contributed by atoms with Crippen LogP contribution in [0.2, 0.25) is 0 Å². The summed E-state index contributed by atoms with van der Waals surface area (Å²) >= 11 is 0. The van der Waals surface area contributed by atoms with Gasteiger partial charge in [0.25, 0.3) is 0 Å². The number of hydrogen-bond acceptors (Lipinski definition) is 4. The van der Waals surface area contributed by atoms with E-state index in [-0.39, 0.29) is 24.5 Å². The molecule has 0 aliphatic rings. The molecule has 0 bridgehead atoms. The van der Waals surface area contributed by atoms with E-state index in [0.29, 0.717) is 18.7 Å². The molecule has 120 valence electrons. The zero-order valence-corrected chi connectivity index (χ0v) is 13.1. The Morgan fingerprint density at radius 3 is 2.39 bits per heavy atom. The summed E-state index contributed by atoms with van der Waals surface area (Å²) in [5.74, 6) is 0.548. The molecule has 0 aliphatic heterocycles. The number of hydrogen-bond donors (Lipinski definition) is 1. The van der Waals surface area contributed by atoms with E-state index in [1.54, 1.807) is 36.7 Å². The molecule has 0 saturated carbocycles. The Hall–Kier alpha value is -2.69. The summed E-state index contributed by atoms with van der Waals surface area (Å²) in [5, 5.41) is 2.79. The van der Waals surface area contributed by atoms with E-state index in [1.807, 2.05) is 19.1 Å². The molecule has 0 spiro atoms. The molecule has 1 amide bonds. The number of rotatable bonds is 8. The minimum atomic E-state index is -0.138. The first kappa shape index (κ1) is 16.7. The van der Waals surface area contributed by atoms with Crippen LogP contribution in [0.4, 0.5) is 0 Å². The predicted octanol–water partition coefficient (Wildman–Crippen LogP) is 2.76. The first-order valence-corrected chi connectivity index (χ1v) is 7.60. The largest absolute Gasteiger partial charge is 0.494 e. The molecule has 2 aromatic rings. The lowest BCUT2D eigenvalue weighted by atomic mass is 10.1. The van der Waals surface area contributed by atoms with Gasteiger partial charge in [0, 0.05) is 37.3 Å². The molecule has 5 heteroatoms. The van der Waals surface area contributed by atoms with E-state index >= 15 is 0 Å². The third-order valence-electron chi connectivity index (χ3n) is 3.31. The Labute approximate surface area is 135 Å². The van der Waals surface area contributed by atoms with Gasteiger partial charge in [-0.25, -0.2) is 0 Å². The maximum atomic E-state index is 12.1. The van der Waals surface area contributed by atoms with Crippen molar-refractivity contribution in [1.82, 2.24) is 10.3 Å². The van der Waals surface area contributed by atoms with Crippen LogP contribution in [-0.4, -0.2) is 23.3 Å². The van der Waals surface area contributed by atoms with Gasteiger partial charge in [-0.2, -0.15) is 0 Å². The van der Waals surface area contributed by atoms with Crippen molar-refractivity contribution in [2.24, 2.45) is 0 Å². The van der Waals surface area contributed by atoms with E-state index < -0.39 is 0 Å². The second-order valence-electron chi connectivity index (χ2n) is 5.01. The fourth-order valence-electron chi connectivity index (χ4n) is 2.06. The zero-order valence-electron chi connectivity index (χ0n) is 13.1. The highest BCUT2D eigenvalue weighted by atomic mass is 16.5. The second kappa shape index (κ2) is 8.68. The molecule has 23 heavy (non-hydrogen) atoms. The Bertz CT molecular complexity index is 639. The SMILES string of the molecule is CCOc1ccc(C(=O)CCC(=O)NCc2ccncc2)cc1. The van der Waals surface area contributed by atoms with Gasteiger partial charge in [0.2, 0.25) is 5.91 Å². The van der Waals surface area contributed by atoms with Crippen LogP contribution in [0.5, 0.6) is 5.75 Å². The van der Waals surface area contributed by atoms with Gasteiger partial charge in [0.05, 0.1) is 6.61 Å². The van der Waals surface area contributed by atoms with Gasteiger partial charge < -0.3 is 10.1 Å². The van der Waals surface area contributed by atoms with E-state index in [0.717, 1.165) is 11.3 Å². The van der Waals surface area contributed by atoms with Crippen LogP contribution in [0.15, 0.2) is 48.8 Å². The third kappa shape index (κ3) is 5.54. The molecule has 1 aromatic heterocycles. The van der Waals surface area contributed by atoms with Crippen molar-refractivity contribution in [2.75, 3.05) is 6.61 Å². The number of pyridine rings is 1. The van der Waals surface area contributed by atoms with Crippen molar-refractivity contribution in [3.63, 3.8) is 0 Å². The molecule has 1 N–H and O–H groups in total. The van der Waals surface area contributed by atoms with Crippen LogP contribution >= 0.6 is 0 Å². The Kier molecular flexibility index (Phi) is 6.29. The normalized spacial score (nSPS) is 10.1. The maximum Gasteiger partial charge on any atom is 0.220 e. The molecule has 1 aromatic carbocycles. The minimum Gasteiger partial charge on any atom is -0.494 e. The topological polar surface area (TPSA) is 68.3 Å². The molecule has 0 saturated heterocycles. The second-order valence-corrected chi connectivity index (χ2v) is 5.01. The highest BCUT2D eigenvalue weighted by Crippen LogP contribution is 2.14. The molecule has 0 radical (unpaired) electrons. The van der Waals surface area contributed by atoms with Crippen LogP contribution in [0.3, 0.4) is 0 Å². The van der Waals surface area contributed by atoms with E-state index in [1.165, 1.54) is 0 Å². The quantitative estimate of drug-likeness (QED) is 0.761. The average molecular weight is 312 g/mol. The smallest absolute Gasteiger partial charge is 0.220 e. The Balaban J connectivity index is 1.76. The first-order chi connectivity index (χ1) is 11.2. The van der Waals surface area contributed by atoms with Gasteiger partial charge in [-0.1, -0.05) is 0 Å². The van der Waals surface area contributed by atoms with Crippen molar-refractivity contribution in [1.29, 1.82) is 0 Å². The number of amides is 1. The Morgan fingerprint density at radius 2 is 1.74 bits per heavy atom. The number of aromatic nitrogens is 1. The first-order valence-electron chi connectivity index (χ1n) is 7.60. The number of carbonyl (C=O) groups is 2. The van der Waals surface area contributed by atoms with Crippen LogP contribution in [-0.2, 0) is 11.3 Å². The van der Waals surface area contributed by atoms with E-state index in [2.05, 4.69) is 10.3 Å². The van der Waals surface area contributed by atoms with Crippen LogP contribution in [0.1, 0.15) is 35.7 Å². The summed E-state index contributed by atoms with van der Waals surface area (Å²) < 4.78 is 5.33. The molecule has 2 rings (SSSR count). The number of carbonyl (C=O) groups excluding carboxylic acids is 2. The fourth-order valence-corrected chi connectivity index (χ4v) is 2.06. The molecule has 0 atom stereocenters. The molecule has 0 unspecified atom stereocenters. The summed E-state index contributed by atoms with van der Waals surface area (Å²) in [5.41, 5.74) is 1.57. The number of Topliss-reactive ketones (excluding diaryl/α,β-unsaturated/α-hetero) is 1. The van der Waals surface area contributed by atoms with Gasteiger partial charge in [0.15, 0.2) is 5.78 Å². The lowest BCUT2D eigenvalue weighted by Gasteiger charge is -2.06. The third-order valence-corrected chi connectivity index (χ3v) is 3.31. The number of nitrogens with one attached hydrogen (secondary N) is 1. The Morgan fingerprint density at radius 1 is 1.04 bits per heavy atom. The number of ketones is 1. The lowest BCUT2D eigenvalue weighted by molar-refractivity contribution is -0.121. The van der Waals surface area contributed by atoms with Crippen molar-refractivity contribution in [2.45, 2.75) is 26.3 Å². The summed E-state index contributed by atoms with van der Waals surface area (Å²) in [4.78, 5) is 27.8. The highest BCUT2D eigenvalue weighted by molar-refractivity contribution is 5.98. The van der Waals surface area contributed by atoms with Crippen LogP contribution < -0.4 is 10.1 Å². The monoisotopic (exact) mass is 312 g/mol. The minimum absolute atomic E-state index is 0.0490. The predicted molar refractivity (Wildman–Crippen MR) is 87.3 cm³/mol. The molecular formula is C18H20N2O3. The summed E-state index contributed by atoms with van der Waals surface area (Å²) in [6, 6.07) is 10.7. The summed E-state index contributed by atoms with van der Waals surface area (Å²) in [6.45, 7) is 2.94. The summed E-state index contributed by atoms with van der Waals surface area (Å²) in [6.07, 6.45) is 3.72. The van der Waals surface area contributed by atoms with Crippen molar-refractivity contribution < 1.29 is 14.3 Å². The van der Waals surface area contributed by atoms with Gasteiger partial charge in [-0.3, -0.25) is 14.6 Å². The fraction of sp³-hybridized carbons (Fsp3) is 0.278. The van der Waals surface area contributed by atoms with E-state index in [9.17, 15) is 9.59 Å². The average Bonchev–Trinajstić information content (AvgIpc) is 2.59. The summed E-state index contributed by atoms with van der Waals surface area (Å²) in [7, 11) is 0. The van der Waals surface area contributed by atoms with E-state index in [4.69, 9.17) is 4.74 Å². The van der Waals surface area contributed by atoms with Gasteiger partial charge in [0.1, 0.15) is 5.75 Å². The number of ether oxygens (including phenoxy) is 1. The number of nitrogens with zero attached hydrogens (tertiary/aromatic N) is 1. The molecular weight excluding hydrogens is 292 g/mol. The van der Waals surface area contributed by atoms with Crippen molar-refractivity contribution >= 4 is 11.7 Å². The van der Waals surface area contributed by atoms with Crippen molar-refractivity contribution in [3.8, 4) is 5.75 Å². The van der Waals surface area contributed by atoms with Crippen molar-refractivity contribution in [3.05, 3.63) is 59.9 Å².